The summed E-state index contributed by atoms with van der Waals surface area (Å²) in [6.45, 7) is 2.74. The number of aryl methyl sites for hydroxylation is 1. The van der Waals surface area contributed by atoms with Crippen LogP contribution in [0.25, 0.3) is 0 Å². The van der Waals surface area contributed by atoms with E-state index in [2.05, 4.69) is 0 Å². The minimum Gasteiger partial charge on any atom is -0.328 e. The van der Waals surface area contributed by atoms with Crippen molar-refractivity contribution in [3.8, 4) is 0 Å². The molecule has 0 saturated heterocycles. The maximum Gasteiger partial charge on any atom is 0.0938 e. The monoisotopic (exact) mass is 198 g/mol. The lowest BCUT2D eigenvalue weighted by Gasteiger charge is -2.23. The molecule has 0 aromatic heterocycles. The minimum absolute atomic E-state index is 0.355. The number of nitrogens with two attached hydrogens (primary N) is 2. The molecular weight excluding hydrogens is 184 g/mol. The van der Waals surface area contributed by atoms with Gasteiger partial charge in [0.2, 0.25) is 0 Å². The Morgan fingerprint density at radius 3 is 2.00 bits per heavy atom. The first-order chi connectivity index (χ1) is 6.12. The molecule has 13 heavy (non-hydrogen) atoms. The first-order valence-corrected chi connectivity index (χ1v) is 4.66. The average Bonchev–Trinajstić information content (AvgIpc) is 2.18. The molecule has 3 heteroatoms. The van der Waals surface area contributed by atoms with Gasteiger partial charge in [-0.05, 0) is 12.5 Å². The number of rotatable bonds is 3. The second kappa shape index (κ2) is 4.09. The summed E-state index contributed by atoms with van der Waals surface area (Å²) >= 11 is 6.24. The molecule has 0 radical (unpaired) electrons. The molecule has 0 unspecified atom stereocenters. The van der Waals surface area contributed by atoms with Crippen LogP contribution in [0.2, 0.25) is 0 Å². The Morgan fingerprint density at radius 2 is 1.62 bits per heavy atom. The van der Waals surface area contributed by atoms with E-state index in [1.165, 1.54) is 5.56 Å². The second-order valence-corrected chi connectivity index (χ2v) is 3.96. The lowest BCUT2D eigenvalue weighted by molar-refractivity contribution is 0.631. The zero-order valence-corrected chi connectivity index (χ0v) is 8.51. The van der Waals surface area contributed by atoms with E-state index >= 15 is 0 Å². The highest BCUT2D eigenvalue weighted by Crippen LogP contribution is 2.26. The van der Waals surface area contributed by atoms with Crippen LogP contribution in [0.15, 0.2) is 24.3 Å². The van der Waals surface area contributed by atoms with Gasteiger partial charge in [-0.1, -0.05) is 29.8 Å². The minimum atomic E-state index is -0.603. The Bertz CT molecular complexity index is 265. The molecule has 0 aliphatic heterocycles. The summed E-state index contributed by atoms with van der Waals surface area (Å²) in [6.07, 6.45) is 0. The van der Waals surface area contributed by atoms with Gasteiger partial charge in [0.05, 0.1) is 4.87 Å². The van der Waals surface area contributed by atoms with Crippen LogP contribution in [0.1, 0.15) is 11.1 Å². The SMILES string of the molecule is Cc1ccc(C(Cl)(CN)CN)cc1. The topological polar surface area (TPSA) is 52.0 Å². The molecule has 0 saturated carbocycles. The lowest BCUT2D eigenvalue weighted by atomic mass is 9.97. The van der Waals surface area contributed by atoms with Crippen molar-refractivity contribution in [1.82, 2.24) is 0 Å². The molecule has 0 bridgehead atoms. The van der Waals surface area contributed by atoms with Gasteiger partial charge in [-0.2, -0.15) is 0 Å². The second-order valence-electron chi connectivity index (χ2n) is 3.24. The van der Waals surface area contributed by atoms with Crippen LogP contribution < -0.4 is 11.5 Å². The summed E-state index contributed by atoms with van der Waals surface area (Å²) in [4.78, 5) is -0.603. The van der Waals surface area contributed by atoms with Crippen molar-refractivity contribution in [2.75, 3.05) is 13.1 Å². The van der Waals surface area contributed by atoms with Crippen LogP contribution >= 0.6 is 11.6 Å². The van der Waals surface area contributed by atoms with Gasteiger partial charge in [0.1, 0.15) is 0 Å². The molecule has 0 heterocycles. The third-order valence-corrected chi connectivity index (χ3v) is 2.74. The summed E-state index contributed by atoms with van der Waals surface area (Å²) in [7, 11) is 0. The first-order valence-electron chi connectivity index (χ1n) is 4.28. The van der Waals surface area contributed by atoms with Crippen molar-refractivity contribution in [2.24, 2.45) is 11.5 Å². The van der Waals surface area contributed by atoms with Gasteiger partial charge in [-0.3, -0.25) is 0 Å². The van der Waals surface area contributed by atoms with Crippen molar-refractivity contribution < 1.29 is 0 Å². The van der Waals surface area contributed by atoms with E-state index in [0.717, 1.165) is 5.56 Å². The van der Waals surface area contributed by atoms with Gasteiger partial charge in [-0.15, -0.1) is 11.6 Å². The molecule has 1 aromatic rings. The summed E-state index contributed by atoms with van der Waals surface area (Å²) in [6, 6.07) is 7.97. The van der Waals surface area contributed by atoms with E-state index in [1.54, 1.807) is 0 Å². The molecule has 0 aliphatic rings. The Hall–Kier alpha value is -0.570. The van der Waals surface area contributed by atoms with Crippen LogP contribution in [0.5, 0.6) is 0 Å². The van der Waals surface area contributed by atoms with E-state index in [-0.39, 0.29) is 0 Å². The highest BCUT2D eigenvalue weighted by molar-refractivity contribution is 6.24. The normalized spacial score (nSPS) is 11.7. The lowest BCUT2D eigenvalue weighted by Crippen LogP contribution is -2.36. The van der Waals surface area contributed by atoms with Gasteiger partial charge >= 0.3 is 0 Å². The van der Waals surface area contributed by atoms with Gasteiger partial charge in [0.25, 0.3) is 0 Å². The number of halogens is 1. The zero-order chi connectivity index (χ0) is 9.90. The molecular formula is C10H15ClN2. The molecule has 0 atom stereocenters. The summed E-state index contributed by atoms with van der Waals surface area (Å²) in [5, 5.41) is 0. The standard InChI is InChI=1S/C10H15ClN2/c1-8-2-4-9(5-3-8)10(11,6-12)7-13/h2-5H,6-7,12-13H2,1H3. The largest absolute Gasteiger partial charge is 0.328 e. The van der Waals surface area contributed by atoms with Gasteiger partial charge in [-0.25, -0.2) is 0 Å². The van der Waals surface area contributed by atoms with Crippen LogP contribution in [0, 0.1) is 6.92 Å². The van der Waals surface area contributed by atoms with E-state index in [0.29, 0.717) is 13.1 Å². The predicted octanol–water partition coefficient (Wildman–Crippen LogP) is 1.35. The summed E-state index contributed by atoms with van der Waals surface area (Å²) < 4.78 is 0. The highest BCUT2D eigenvalue weighted by atomic mass is 35.5. The van der Waals surface area contributed by atoms with Gasteiger partial charge in [0.15, 0.2) is 0 Å². The Kier molecular flexibility index (Phi) is 3.31. The maximum atomic E-state index is 6.24. The van der Waals surface area contributed by atoms with Crippen molar-refractivity contribution >= 4 is 11.6 Å². The van der Waals surface area contributed by atoms with Crippen molar-refractivity contribution in [3.63, 3.8) is 0 Å². The fraction of sp³-hybridized carbons (Fsp3) is 0.400. The van der Waals surface area contributed by atoms with Crippen molar-refractivity contribution in [3.05, 3.63) is 35.4 Å². The maximum absolute atomic E-state index is 6.24. The Balaban J connectivity index is 2.99. The van der Waals surface area contributed by atoms with E-state index < -0.39 is 4.87 Å². The molecule has 0 fully saturated rings. The zero-order valence-electron chi connectivity index (χ0n) is 7.76. The van der Waals surface area contributed by atoms with Crippen LogP contribution in [0.4, 0.5) is 0 Å². The van der Waals surface area contributed by atoms with Crippen LogP contribution in [0.3, 0.4) is 0 Å². The van der Waals surface area contributed by atoms with Crippen molar-refractivity contribution in [2.45, 2.75) is 11.8 Å². The molecule has 72 valence electrons. The van der Waals surface area contributed by atoms with Crippen LogP contribution in [-0.4, -0.2) is 13.1 Å². The third-order valence-electron chi connectivity index (χ3n) is 2.22. The fourth-order valence-corrected chi connectivity index (χ4v) is 1.30. The smallest absolute Gasteiger partial charge is 0.0938 e. The molecule has 4 N–H and O–H groups in total. The molecule has 0 spiro atoms. The quantitative estimate of drug-likeness (QED) is 0.721. The first kappa shape index (κ1) is 10.5. The summed E-state index contributed by atoms with van der Waals surface area (Å²) in [5.74, 6) is 0. The Morgan fingerprint density at radius 1 is 1.15 bits per heavy atom. The molecule has 0 amide bonds. The van der Waals surface area contributed by atoms with Crippen molar-refractivity contribution in [1.29, 1.82) is 0 Å². The van der Waals surface area contributed by atoms with E-state index in [9.17, 15) is 0 Å². The predicted molar refractivity (Wildman–Crippen MR) is 56.8 cm³/mol. The van der Waals surface area contributed by atoms with E-state index in [1.807, 2.05) is 31.2 Å². The average molecular weight is 199 g/mol. The summed E-state index contributed by atoms with van der Waals surface area (Å²) in [5.41, 5.74) is 13.3. The highest BCUT2D eigenvalue weighted by Gasteiger charge is 2.25. The third kappa shape index (κ3) is 2.21. The number of alkyl halides is 1. The van der Waals surface area contributed by atoms with E-state index in [4.69, 9.17) is 23.1 Å². The number of hydrogen-bond acceptors (Lipinski definition) is 2. The van der Waals surface area contributed by atoms with Gasteiger partial charge in [0, 0.05) is 13.1 Å². The molecule has 1 aromatic carbocycles. The van der Waals surface area contributed by atoms with Gasteiger partial charge < -0.3 is 11.5 Å². The molecule has 0 aliphatic carbocycles. The molecule has 1 rings (SSSR count). The van der Waals surface area contributed by atoms with Crippen LogP contribution in [-0.2, 0) is 4.87 Å². The number of hydrogen-bond donors (Lipinski definition) is 2. The fourth-order valence-electron chi connectivity index (χ4n) is 1.17. The molecule has 2 nitrogen and oxygen atoms in total. The Labute approximate surface area is 83.9 Å². The number of benzene rings is 1.